The van der Waals surface area contributed by atoms with Gasteiger partial charge in [-0.25, -0.2) is 4.98 Å². The third-order valence-electron chi connectivity index (χ3n) is 2.92. The summed E-state index contributed by atoms with van der Waals surface area (Å²) in [5, 5.41) is 14.9. The Morgan fingerprint density at radius 1 is 1.20 bits per heavy atom. The summed E-state index contributed by atoms with van der Waals surface area (Å²) in [6, 6.07) is 10.4. The summed E-state index contributed by atoms with van der Waals surface area (Å²) >= 11 is 0. The third kappa shape index (κ3) is 3.71. The van der Waals surface area contributed by atoms with Gasteiger partial charge in [-0.05, 0) is 36.2 Å². The maximum absolute atomic E-state index is 11.9. The van der Waals surface area contributed by atoms with Gasteiger partial charge in [-0.15, -0.1) is 0 Å². The fourth-order valence-electron chi connectivity index (χ4n) is 1.76. The first kappa shape index (κ1) is 13.9. The van der Waals surface area contributed by atoms with Gasteiger partial charge in [0.15, 0.2) is 0 Å². The number of nitrogens with zero attached hydrogens (tertiary/aromatic N) is 1. The first-order valence-electron chi connectivity index (χ1n) is 6.39. The fraction of sp³-hybridized carbons (Fsp3) is 0.200. The molecule has 0 unspecified atom stereocenters. The second-order valence-corrected chi connectivity index (χ2v) is 4.35. The van der Waals surface area contributed by atoms with E-state index in [-0.39, 0.29) is 11.7 Å². The minimum atomic E-state index is -0.140. The molecule has 20 heavy (non-hydrogen) atoms. The van der Waals surface area contributed by atoms with E-state index in [0.29, 0.717) is 18.5 Å². The number of benzene rings is 1. The molecule has 0 spiro atoms. The Morgan fingerprint density at radius 2 is 1.95 bits per heavy atom. The Labute approximate surface area is 117 Å². The highest BCUT2D eigenvalue weighted by Crippen LogP contribution is 2.09. The maximum atomic E-state index is 11.9. The first-order chi connectivity index (χ1) is 9.69. The number of phenolic OH excluding ortho intramolecular Hbond substituents is 1. The third-order valence-corrected chi connectivity index (χ3v) is 2.92. The molecule has 3 N–H and O–H groups in total. The first-order valence-corrected chi connectivity index (χ1v) is 6.39. The van der Waals surface area contributed by atoms with Crippen molar-refractivity contribution >= 4 is 11.7 Å². The minimum Gasteiger partial charge on any atom is -0.508 e. The van der Waals surface area contributed by atoms with Crippen LogP contribution < -0.4 is 10.6 Å². The van der Waals surface area contributed by atoms with Crippen LogP contribution in [0.2, 0.25) is 0 Å². The van der Waals surface area contributed by atoms with Crippen LogP contribution in [-0.2, 0) is 6.42 Å². The predicted octanol–water partition coefficient (Wildman–Crippen LogP) is 1.80. The molecule has 0 radical (unpaired) electrons. The van der Waals surface area contributed by atoms with Crippen LogP contribution in [0.3, 0.4) is 0 Å². The van der Waals surface area contributed by atoms with Crippen molar-refractivity contribution in [3.8, 4) is 5.75 Å². The quantitative estimate of drug-likeness (QED) is 0.775. The molecule has 1 heterocycles. The summed E-state index contributed by atoms with van der Waals surface area (Å²) in [7, 11) is 1.78. The number of phenols is 1. The molecule has 0 aliphatic carbocycles. The molecule has 0 aliphatic rings. The van der Waals surface area contributed by atoms with Crippen LogP contribution in [0, 0.1) is 0 Å². The highest BCUT2D eigenvalue weighted by atomic mass is 16.3. The summed E-state index contributed by atoms with van der Waals surface area (Å²) < 4.78 is 0. The predicted molar refractivity (Wildman–Crippen MR) is 77.9 cm³/mol. The molecule has 0 saturated heterocycles. The number of pyridine rings is 1. The SMILES string of the molecule is CNc1ccc(C(=O)NCCc2ccc(O)cc2)cn1. The van der Waals surface area contributed by atoms with E-state index >= 15 is 0 Å². The molecule has 5 nitrogen and oxygen atoms in total. The monoisotopic (exact) mass is 271 g/mol. The fourth-order valence-corrected chi connectivity index (χ4v) is 1.76. The summed E-state index contributed by atoms with van der Waals surface area (Å²) in [4.78, 5) is 16.0. The largest absolute Gasteiger partial charge is 0.508 e. The van der Waals surface area contributed by atoms with E-state index in [1.165, 1.54) is 0 Å². The van der Waals surface area contributed by atoms with E-state index in [9.17, 15) is 9.90 Å². The van der Waals surface area contributed by atoms with Crippen LogP contribution in [0.1, 0.15) is 15.9 Å². The number of hydrogen-bond donors (Lipinski definition) is 3. The number of aromatic nitrogens is 1. The van der Waals surface area contributed by atoms with Gasteiger partial charge in [0.2, 0.25) is 0 Å². The molecule has 2 rings (SSSR count). The van der Waals surface area contributed by atoms with Crippen LogP contribution in [0.15, 0.2) is 42.6 Å². The molecular formula is C15H17N3O2. The van der Waals surface area contributed by atoms with Crippen molar-refractivity contribution in [2.24, 2.45) is 0 Å². The average molecular weight is 271 g/mol. The lowest BCUT2D eigenvalue weighted by Gasteiger charge is -2.06. The van der Waals surface area contributed by atoms with E-state index in [4.69, 9.17) is 0 Å². The lowest BCUT2D eigenvalue weighted by molar-refractivity contribution is 0.0954. The van der Waals surface area contributed by atoms with Gasteiger partial charge in [0.05, 0.1) is 5.56 Å². The normalized spacial score (nSPS) is 10.1. The lowest BCUT2D eigenvalue weighted by atomic mass is 10.1. The lowest BCUT2D eigenvalue weighted by Crippen LogP contribution is -2.25. The molecular weight excluding hydrogens is 254 g/mol. The van der Waals surface area contributed by atoms with Gasteiger partial charge in [0, 0.05) is 19.8 Å². The molecule has 0 fully saturated rings. The molecule has 0 saturated carbocycles. The van der Waals surface area contributed by atoms with Crippen molar-refractivity contribution < 1.29 is 9.90 Å². The molecule has 0 aliphatic heterocycles. The van der Waals surface area contributed by atoms with E-state index in [1.54, 1.807) is 37.5 Å². The Kier molecular flexibility index (Phi) is 4.55. The molecule has 1 amide bonds. The zero-order valence-electron chi connectivity index (χ0n) is 11.3. The number of anilines is 1. The Balaban J connectivity index is 1.83. The summed E-state index contributed by atoms with van der Waals surface area (Å²) in [5.74, 6) is 0.832. The summed E-state index contributed by atoms with van der Waals surface area (Å²) in [6.45, 7) is 0.539. The minimum absolute atomic E-state index is 0.140. The van der Waals surface area contributed by atoms with Gasteiger partial charge in [-0.3, -0.25) is 4.79 Å². The molecule has 1 aromatic heterocycles. The average Bonchev–Trinajstić information content (AvgIpc) is 2.49. The molecule has 5 heteroatoms. The van der Waals surface area contributed by atoms with Crippen LogP contribution in [-0.4, -0.2) is 29.6 Å². The topological polar surface area (TPSA) is 74.2 Å². The van der Waals surface area contributed by atoms with Gasteiger partial charge in [0.1, 0.15) is 11.6 Å². The van der Waals surface area contributed by atoms with E-state index in [2.05, 4.69) is 15.6 Å². The van der Waals surface area contributed by atoms with Crippen molar-refractivity contribution in [2.75, 3.05) is 18.9 Å². The number of rotatable bonds is 5. The van der Waals surface area contributed by atoms with E-state index < -0.39 is 0 Å². The second-order valence-electron chi connectivity index (χ2n) is 4.35. The number of carbonyl (C=O) groups is 1. The van der Waals surface area contributed by atoms with Gasteiger partial charge < -0.3 is 15.7 Å². The zero-order chi connectivity index (χ0) is 14.4. The number of amides is 1. The maximum Gasteiger partial charge on any atom is 0.252 e. The molecule has 0 atom stereocenters. The highest BCUT2D eigenvalue weighted by Gasteiger charge is 2.05. The van der Waals surface area contributed by atoms with Crippen LogP contribution in [0.5, 0.6) is 5.75 Å². The highest BCUT2D eigenvalue weighted by molar-refractivity contribution is 5.94. The summed E-state index contributed by atoms with van der Waals surface area (Å²) in [5.41, 5.74) is 1.60. The van der Waals surface area contributed by atoms with Crippen molar-refractivity contribution in [3.63, 3.8) is 0 Å². The Morgan fingerprint density at radius 3 is 2.55 bits per heavy atom. The van der Waals surface area contributed by atoms with Crippen molar-refractivity contribution in [3.05, 3.63) is 53.7 Å². The smallest absolute Gasteiger partial charge is 0.252 e. The van der Waals surface area contributed by atoms with Gasteiger partial charge >= 0.3 is 0 Å². The number of carbonyl (C=O) groups excluding carboxylic acids is 1. The van der Waals surface area contributed by atoms with Crippen molar-refractivity contribution in [2.45, 2.75) is 6.42 Å². The van der Waals surface area contributed by atoms with Crippen molar-refractivity contribution in [1.29, 1.82) is 0 Å². The van der Waals surface area contributed by atoms with Crippen LogP contribution in [0.25, 0.3) is 0 Å². The molecule has 0 bridgehead atoms. The number of aromatic hydroxyl groups is 1. The zero-order valence-corrected chi connectivity index (χ0v) is 11.3. The van der Waals surface area contributed by atoms with Crippen LogP contribution >= 0.6 is 0 Å². The second kappa shape index (κ2) is 6.56. The molecule has 1 aromatic carbocycles. The molecule has 2 aromatic rings. The van der Waals surface area contributed by atoms with Crippen molar-refractivity contribution in [1.82, 2.24) is 10.3 Å². The Hall–Kier alpha value is -2.56. The summed E-state index contributed by atoms with van der Waals surface area (Å²) in [6.07, 6.45) is 2.26. The number of nitrogens with one attached hydrogen (secondary N) is 2. The van der Waals surface area contributed by atoms with E-state index in [0.717, 1.165) is 11.4 Å². The van der Waals surface area contributed by atoms with Gasteiger partial charge in [-0.1, -0.05) is 12.1 Å². The number of hydrogen-bond acceptors (Lipinski definition) is 4. The Bertz CT molecular complexity index is 565. The van der Waals surface area contributed by atoms with Gasteiger partial charge in [-0.2, -0.15) is 0 Å². The van der Waals surface area contributed by atoms with E-state index in [1.807, 2.05) is 12.1 Å². The molecule has 104 valence electrons. The standard InChI is InChI=1S/C15H17N3O2/c1-16-14-7-4-12(10-18-14)15(20)17-9-8-11-2-5-13(19)6-3-11/h2-7,10,19H,8-9H2,1H3,(H,16,18)(H,17,20). The van der Waals surface area contributed by atoms with Gasteiger partial charge in [0.25, 0.3) is 5.91 Å². The van der Waals surface area contributed by atoms with Crippen LogP contribution in [0.4, 0.5) is 5.82 Å².